The van der Waals surface area contributed by atoms with E-state index in [4.69, 9.17) is 0 Å². The molecule has 1 aromatic rings. The molecule has 0 fully saturated rings. The minimum atomic E-state index is 1.01. The number of benzene rings is 1. The highest BCUT2D eigenvalue weighted by Crippen LogP contribution is 1.94. The van der Waals surface area contributed by atoms with Crippen LogP contribution in [-0.4, -0.2) is 0 Å². The summed E-state index contributed by atoms with van der Waals surface area (Å²) in [5, 5.41) is 2.01. The molecule has 0 bridgehead atoms. The van der Waals surface area contributed by atoms with Crippen molar-refractivity contribution in [2.75, 3.05) is 0 Å². The normalized spacial score (nSPS) is 9.44. The average Bonchev–Trinajstić information content (AvgIpc) is 2.35. The summed E-state index contributed by atoms with van der Waals surface area (Å²) in [7, 11) is 0. The lowest BCUT2D eigenvalue weighted by molar-refractivity contribution is 1.09. The van der Waals surface area contributed by atoms with Crippen molar-refractivity contribution >= 4 is 13.2 Å². The maximum atomic E-state index is 3.76. The van der Waals surface area contributed by atoms with E-state index >= 15 is 0 Å². The van der Waals surface area contributed by atoms with Gasteiger partial charge in [0, 0.05) is 0 Å². The smallest absolute Gasteiger partial charge is 0.0262 e. The number of hydrogen-bond donors (Lipinski definition) is 0. The van der Waals surface area contributed by atoms with Crippen LogP contribution in [0.2, 0.25) is 0 Å². The summed E-state index contributed by atoms with van der Waals surface area (Å²) in [5.74, 6) is 0. The zero-order chi connectivity index (χ0) is 13.0. The van der Waals surface area contributed by atoms with Gasteiger partial charge in [-0.2, -0.15) is 0 Å². The van der Waals surface area contributed by atoms with Gasteiger partial charge in [0.15, 0.2) is 0 Å². The standard InChI is InChI=1S/C8H8.C6H12.C2H6/c1-7-5-3-4-6-8(7)2;1-4-6(3)5-2;1-2/h3-6H,1-2H2;4H,5H2,1-3H3;1-2H3/b;6-4+;. The summed E-state index contributed by atoms with van der Waals surface area (Å²) in [5.41, 5.74) is 1.47. The van der Waals surface area contributed by atoms with Gasteiger partial charge in [-0.1, -0.05) is 69.8 Å². The fraction of sp³-hybridized carbons (Fsp3) is 0.375. The first kappa shape index (κ1) is 17.1. The Morgan fingerprint density at radius 2 is 1.50 bits per heavy atom. The van der Waals surface area contributed by atoms with Crippen molar-refractivity contribution in [3.05, 3.63) is 46.4 Å². The van der Waals surface area contributed by atoms with Crippen LogP contribution in [0.15, 0.2) is 35.9 Å². The molecule has 0 radical (unpaired) electrons. The maximum absolute atomic E-state index is 3.76. The summed E-state index contributed by atoms with van der Waals surface area (Å²) in [4.78, 5) is 0. The first-order valence-corrected chi connectivity index (χ1v) is 5.96. The first-order chi connectivity index (χ1) is 7.61. The molecular weight excluding hydrogens is 192 g/mol. The number of rotatable bonds is 1. The Bertz CT molecular complexity index is 342. The molecule has 0 unspecified atom stereocenters. The van der Waals surface area contributed by atoms with Gasteiger partial charge in [-0.05, 0) is 30.7 Å². The van der Waals surface area contributed by atoms with Crippen LogP contribution < -0.4 is 10.4 Å². The third-order valence-electron chi connectivity index (χ3n) is 2.17. The van der Waals surface area contributed by atoms with Crippen LogP contribution in [0.4, 0.5) is 0 Å². The van der Waals surface area contributed by atoms with E-state index in [1.54, 1.807) is 0 Å². The zero-order valence-electron chi connectivity index (χ0n) is 11.5. The lowest BCUT2D eigenvalue weighted by atomic mass is 10.2. The van der Waals surface area contributed by atoms with E-state index in [0.717, 1.165) is 10.4 Å². The summed E-state index contributed by atoms with van der Waals surface area (Å²) in [6, 6.07) is 7.80. The highest BCUT2D eigenvalue weighted by Gasteiger charge is 1.73. The third kappa shape index (κ3) is 9.26. The van der Waals surface area contributed by atoms with Crippen molar-refractivity contribution in [2.24, 2.45) is 0 Å². The van der Waals surface area contributed by atoms with Gasteiger partial charge < -0.3 is 0 Å². The van der Waals surface area contributed by atoms with E-state index < -0.39 is 0 Å². The molecule has 0 heteroatoms. The van der Waals surface area contributed by atoms with Crippen LogP contribution in [0, 0.1) is 0 Å². The molecule has 0 spiro atoms. The molecule has 90 valence electrons. The molecule has 0 nitrogen and oxygen atoms in total. The van der Waals surface area contributed by atoms with Crippen LogP contribution in [0.1, 0.15) is 41.0 Å². The van der Waals surface area contributed by atoms with Gasteiger partial charge in [0.05, 0.1) is 0 Å². The molecule has 0 heterocycles. The monoisotopic (exact) mass is 218 g/mol. The van der Waals surface area contributed by atoms with E-state index in [1.807, 2.05) is 38.1 Å². The van der Waals surface area contributed by atoms with Crippen molar-refractivity contribution in [3.8, 4) is 0 Å². The molecule has 0 atom stereocenters. The van der Waals surface area contributed by atoms with Gasteiger partial charge in [0.1, 0.15) is 0 Å². The van der Waals surface area contributed by atoms with Crippen molar-refractivity contribution < 1.29 is 0 Å². The minimum Gasteiger partial charge on any atom is -0.0912 e. The maximum Gasteiger partial charge on any atom is -0.0262 e. The van der Waals surface area contributed by atoms with Crippen molar-refractivity contribution in [2.45, 2.75) is 41.0 Å². The largest absolute Gasteiger partial charge is 0.0912 e. The molecule has 1 aromatic carbocycles. The van der Waals surface area contributed by atoms with Crippen LogP contribution in [0.5, 0.6) is 0 Å². The molecule has 0 aliphatic carbocycles. The molecule has 0 saturated carbocycles. The van der Waals surface area contributed by atoms with Crippen molar-refractivity contribution in [3.63, 3.8) is 0 Å². The Labute approximate surface area is 101 Å². The second-order valence-electron chi connectivity index (χ2n) is 3.26. The topological polar surface area (TPSA) is 0 Å². The molecule has 0 saturated heterocycles. The minimum absolute atomic E-state index is 1.01. The fourth-order valence-corrected chi connectivity index (χ4v) is 0.762. The van der Waals surface area contributed by atoms with E-state index in [0.29, 0.717) is 0 Å². The second kappa shape index (κ2) is 11.8. The van der Waals surface area contributed by atoms with Gasteiger partial charge in [-0.15, -0.1) is 0 Å². The summed E-state index contributed by atoms with van der Waals surface area (Å²) < 4.78 is 0. The summed E-state index contributed by atoms with van der Waals surface area (Å²) >= 11 is 0. The molecule has 0 aliphatic heterocycles. The van der Waals surface area contributed by atoms with Gasteiger partial charge in [-0.25, -0.2) is 0 Å². The zero-order valence-corrected chi connectivity index (χ0v) is 11.5. The Morgan fingerprint density at radius 3 is 1.62 bits per heavy atom. The Balaban J connectivity index is 0. The predicted molar refractivity (Wildman–Crippen MR) is 77.8 cm³/mol. The Hall–Kier alpha value is -1.30. The summed E-state index contributed by atoms with van der Waals surface area (Å²) in [6.45, 7) is 17.9. The highest BCUT2D eigenvalue weighted by molar-refractivity contribution is 5.15. The van der Waals surface area contributed by atoms with E-state index in [9.17, 15) is 0 Å². The van der Waals surface area contributed by atoms with Crippen molar-refractivity contribution in [1.29, 1.82) is 0 Å². The lowest BCUT2D eigenvalue weighted by Gasteiger charge is -1.85. The second-order valence-corrected chi connectivity index (χ2v) is 3.26. The number of allylic oxidation sites excluding steroid dienone is 2. The molecule has 1 rings (SSSR count). The SMILES string of the molecule is C/C=C(\C)CC.C=c1ccccc1=C.CC. The van der Waals surface area contributed by atoms with Crippen LogP contribution in [0.3, 0.4) is 0 Å². The Kier molecular flexibility index (Phi) is 12.6. The van der Waals surface area contributed by atoms with Crippen LogP contribution >= 0.6 is 0 Å². The molecule has 0 amide bonds. The molecule has 16 heavy (non-hydrogen) atoms. The van der Waals surface area contributed by atoms with E-state index in [2.05, 4.69) is 40.0 Å². The van der Waals surface area contributed by atoms with Crippen LogP contribution in [0.25, 0.3) is 13.2 Å². The lowest BCUT2D eigenvalue weighted by Crippen LogP contribution is -2.19. The van der Waals surface area contributed by atoms with Gasteiger partial charge >= 0.3 is 0 Å². The van der Waals surface area contributed by atoms with Gasteiger partial charge in [0.2, 0.25) is 0 Å². The molecular formula is C16H26. The van der Waals surface area contributed by atoms with Gasteiger partial charge in [-0.3, -0.25) is 0 Å². The average molecular weight is 218 g/mol. The molecule has 0 aliphatic rings. The third-order valence-corrected chi connectivity index (χ3v) is 2.17. The Morgan fingerprint density at radius 1 is 1.12 bits per heavy atom. The predicted octanol–water partition coefficient (Wildman–Crippen LogP) is 3.90. The summed E-state index contributed by atoms with van der Waals surface area (Å²) in [6.07, 6.45) is 3.33. The first-order valence-electron chi connectivity index (χ1n) is 5.96. The van der Waals surface area contributed by atoms with Crippen LogP contribution in [-0.2, 0) is 0 Å². The number of hydrogen-bond acceptors (Lipinski definition) is 0. The highest BCUT2D eigenvalue weighted by atomic mass is 13.8. The van der Waals surface area contributed by atoms with E-state index in [1.165, 1.54) is 12.0 Å². The van der Waals surface area contributed by atoms with E-state index in [-0.39, 0.29) is 0 Å². The van der Waals surface area contributed by atoms with Gasteiger partial charge in [0.25, 0.3) is 0 Å². The van der Waals surface area contributed by atoms with Crippen molar-refractivity contribution in [1.82, 2.24) is 0 Å². The molecule has 0 aromatic heterocycles. The fourth-order valence-electron chi connectivity index (χ4n) is 0.762. The quantitative estimate of drug-likeness (QED) is 0.627. The molecule has 0 N–H and O–H groups in total.